The first-order valence-electron chi connectivity index (χ1n) is 6.48. The quantitative estimate of drug-likeness (QED) is 0.316. The summed E-state index contributed by atoms with van der Waals surface area (Å²) in [4.78, 5) is 0. The van der Waals surface area contributed by atoms with E-state index in [1.165, 1.54) is 57.8 Å². The fraction of sp³-hybridized carbons (Fsp3) is 1.00. The lowest BCUT2D eigenvalue weighted by molar-refractivity contribution is 0.886. The first kappa shape index (κ1) is 16.5. The summed E-state index contributed by atoms with van der Waals surface area (Å²) in [6.45, 7) is 4.25. The lowest BCUT2D eigenvalue weighted by Crippen LogP contribution is -1.81. The molecule has 0 nitrogen and oxygen atoms in total. The molecule has 2 aliphatic carbocycles. The van der Waals surface area contributed by atoms with Gasteiger partial charge in [0.1, 0.15) is 0 Å². The number of rotatable bonds is 0. The van der Waals surface area contributed by atoms with E-state index in [1.54, 1.807) is 0 Å². The summed E-state index contributed by atoms with van der Waals surface area (Å²) in [5.41, 5.74) is 0. The van der Waals surface area contributed by atoms with E-state index < -0.39 is 0 Å². The van der Waals surface area contributed by atoms with E-state index in [1.807, 2.05) is 0 Å². The van der Waals surface area contributed by atoms with Crippen molar-refractivity contribution >= 4 is 45.2 Å². The van der Waals surface area contributed by atoms with Crippen LogP contribution in [0.5, 0.6) is 0 Å². The second-order valence-electron chi connectivity index (χ2n) is 4.47. The molecule has 2 saturated carbocycles. The van der Waals surface area contributed by atoms with E-state index in [0.29, 0.717) is 0 Å². The highest BCUT2D eigenvalue weighted by Gasteiger charge is 2.09. The Balaban J connectivity index is 0.000000210. The van der Waals surface area contributed by atoms with Gasteiger partial charge in [-0.25, -0.2) is 0 Å². The van der Waals surface area contributed by atoms with Gasteiger partial charge in [-0.15, -0.1) is 0 Å². The van der Waals surface area contributed by atoms with E-state index in [9.17, 15) is 0 Å². The largest absolute Gasteiger partial charge is 0.0826 e. The van der Waals surface area contributed by atoms with Crippen molar-refractivity contribution in [2.24, 2.45) is 0 Å². The molecule has 0 N–H and O–H groups in total. The maximum absolute atomic E-state index is 2.53. The highest BCUT2D eigenvalue weighted by atomic mass is 127. The van der Waals surface area contributed by atoms with Crippen LogP contribution < -0.4 is 0 Å². The number of halogens is 2. The summed E-state index contributed by atoms with van der Waals surface area (Å²) in [5.74, 6) is 0. The topological polar surface area (TPSA) is 0 Å². The Morgan fingerprint density at radius 3 is 1.00 bits per heavy atom. The molecule has 2 fully saturated rings. The molecule has 0 bridgehead atoms. The fourth-order valence-electron chi connectivity index (χ4n) is 1.75. The molecule has 2 aliphatic rings. The van der Waals surface area contributed by atoms with Crippen molar-refractivity contribution in [3.8, 4) is 0 Å². The summed E-state index contributed by atoms with van der Waals surface area (Å²) in [6, 6.07) is 0. The SMILES string of the molecule is CCC.IC1CCCC1.IC1CCCC1. The van der Waals surface area contributed by atoms with Gasteiger partial charge in [0.2, 0.25) is 0 Å². The van der Waals surface area contributed by atoms with Crippen molar-refractivity contribution in [1.29, 1.82) is 0 Å². The Morgan fingerprint density at radius 2 is 0.933 bits per heavy atom. The van der Waals surface area contributed by atoms with Crippen LogP contribution in [-0.4, -0.2) is 7.85 Å². The Hall–Kier alpha value is 1.46. The van der Waals surface area contributed by atoms with Gasteiger partial charge >= 0.3 is 0 Å². The molecule has 0 aromatic rings. The van der Waals surface area contributed by atoms with Gasteiger partial charge in [0.15, 0.2) is 0 Å². The van der Waals surface area contributed by atoms with Crippen molar-refractivity contribution in [3.05, 3.63) is 0 Å². The van der Waals surface area contributed by atoms with Gasteiger partial charge < -0.3 is 0 Å². The zero-order chi connectivity index (χ0) is 11.5. The summed E-state index contributed by atoms with van der Waals surface area (Å²) in [6.07, 6.45) is 13.1. The van der Waals surface area contributed by atoms with Gasteiger partial charge in [0.25, 0.3) is 0 Å². The molecule has 0 unspecified atom stereocenters. The molecular formula is C13H26I2. The number of hydrogen-bond donors (Lipinski definition) is 0. The predicted molar refractivity (Wildman–Crippen MR) is 88.5 cm³/mol. The molecule has 2 rings (SSSR count). The van der Waals surface area contributed by atoms with Gasteiger partial charge in [0, 0.05) is 7.85 Å². The van der Waals surface area contributed by atoms with E-state index in [2.05, 4.69) is 59.0 Å². The van der Waals surface area contributed by atoms with Crippen molar-refractivity contribution in [1.82, 2.24) is 0 Å². The van der Waals surface area contributed by atoms with Crippen LogP contribution in [0.25, 0.3) is 0 Å². The first-order valence-corrected chi connectivity index (χ1v) is 8.97. The van der Waals surface area contributed by atoms with Gasteiger partial charge in [-0.05, 0) is 25.7 Å². The van der Waals surface area contributed by atoms with Crippen molar-refractivity contribution in [2.45, 2.75) is 79.5 Å². The third-order valence-corrected chi connectivity index (χ3v) is 5.06. The Kier molecular flexibility index (Phi) is 13.1. The third-order valence-electron chi connectivity index (χ3n) is 2.57. The first-order chi connectivity index (χ1) is 7.20. The maximum Gasteiger partial charge on any atom is 0.0110 e. The van der Waals surface area contributed by atoms with E-state index in [0.717, 1.165) is 7.85 Å². The molecule has 0 aromatic heterocycles. The molecule has 0 atom stereocenters. The van der Waals surface area contributed by atoms with E-state index in [4.69, 9.17) is 0 Å². The minimum absolute atomic E-state index is 1.02. The van der Waals surface area contributed by atoms with Crippen LogP contribution >= 0.6 is 45.2 Å². The summed E-state index contributed by atoms with van der Waals surface area (Å²) < 4.78 is 2.03. The number of alkyl halides is 2. The molecule has 0 amide bonds. The Labute approximate surface area is 124 Å². The third kappa shape index (κ3) is 11.7. The second kappa shape index (κ2) is 11.9. The molecule has 0 aliphatic heterocycles. The van der Waals surface area contributed by atoms with Crippen LogP contribution in [-0.2, 0) is 0 Å². The fourth-order valence-corrected chi connectivity index (χ4v) is 3.51. The predicted octanol–water partition coefficient (Wildman–Crippen LogP) is 6.14. The van der Waals surface area contributed by atoms with Crippen LogP contribution in [0.4, 0.5) is 0 Å². The van der Waals surface area contributed by atoms with Gasteiger partial charge in [-0.2, -0.15) is 0 Å². The van der Waals surface area contributed by atoms with E-state index >= 15 is 0 Å². The van der Waals surface area contributed by atoms with Crippen LogP contribution in [0.1, 0.15) is 71.6 Å². The standard InChI is InChI=1S/2C5H9I.C3H8/c2*6-5-3-1-2-4-5;1-3-2/h2*5H,1-4H2;3H2,1-2H3. The molecular weight excluding hydrogens is 410 g/mol. The highest BCUT2D eigenvalue weighted by molar-refractivity contribution is 14.1. The molecule has 0 heterocycles. The van der Waals surface area contributed by atoms with Gasteiger partial charge in [0.05, 0.1) is 0 Å². The Bertz CT molecular complexity index is 99.7. The van der Waals surface area contributed by atoms with E-state index in [-0.39, 0.29) is 0 Å². The molecule has 0 radical (unpaired) electrons. The average molecular weight is 436 g/mol. The second-order valence-corrected chi connectivity index (χ2v) is 7.99. The lowest BCUT2D eigenvalue weighted by Gasteiger charge is -1.88. The van der Waals surface area contributed by atoms with Gasteiger partial charge in [-0.1, -0.05) is 91.1 Å². The molecule has 2 heteroatoms. The summed E-state index contributed by atoms with van der Waals surface area (Å²) >= 11 is 5.06. The van der Waals surface area contributed by atoms with Crippen LogP contribution in [0, 0.1) is 0 Å². The average Bonchev–Trinajstić information content (AvgIpc) is 2.81. The zero-order valence-electron chi connectivity index (χ0n) is 10.3. The number of hydrogen-bond acceptors (Lipinski definition) is 0. The highest BCUT2D eigenvalue weighted by Crippen LogP contribution is 2.24. The van der Waals surface area contributed by atoms with Crippen LogP contribution in [0.2, 0.25) is 0 Å². The smallest absolute Gasteiger partial charge is 0.0110 e. The molecule has 15 heavy (non-hydrogen) atoms. The minimum Gasteiger partial charge on any atom is -0.0826 e. The normalized spacial score (nSPS) is 21.6. The molecule has 92 valence electrons. The van der Waals surface area contributed by atoms with Crippen molar-refractivity contribution < 1.29 is 0 Å². The maximum atomic E-state index is 2.53. The minimum atomic E-state index is 1.02. The van der Waals surface area contributed by atoms with Crippen LogP contribution in [0.3, 0.4) is 0 Å². The van der Waals surface area contributed by atoms with Gasteiger partial charge in [-0.3, -0.25) is 0 Å². The zero-order valence-corrected chi connectivity index (χ0v) is 14.6. The molecule has 0 saturated heterocycles. The molecule has 0 aromatic carbocycles. The van der Waals surface area contributed by atoms with Crippen molar-refractivity contribution in [3.63, 3.8) is 0 Å². The monoisotopic (exact) mass is 436 g/mol. The van der Waals surface area contributed by atoms with Crippen molar-refractivity contribution in [2.75, 3.05) is 0 Å². The molecule has 0 spiro atoms. The summed E-state index contributed by atoms with van der Waals surface area (Å²) in [7, 11) is 0. The summed E-state index contributed by atoms with van der Waals surface area (Å²) in [5, 5.41) is 0. The lowest BCUT2D eigenvalue weighted by atomic mass is 10.4. The van der Waals surface area contributed by atoms with Crippen LogP contribution in [0.15, 0.2) is 0 Å². The Morgan fingerprint density at radius 1 is 0.733 bits per heavy atom.